The fourth-order valence-corrected chi connectivity index (χ4v) is 4.01. The Balaban J connectivity index is 2.16. The third-order valence-electron chi connectivity index (χ3n) is 4.11. The fourth-order valence-electron chi connectivity index (χ4n) is 2.83. The van der Waals surface area contributed by atoms with Gasteiger partial charge in [-0.3, -0.25) is 9.59 Å². The van der Waals surface area contributed by atoms with E-state index < -0.39 is 27.9 Å². The zero-order chi connectivity index (χ0) is 17.0. The van der Waals surface area contributed by atoms with E-state index in [0.29, 0.717) is 5.92 Å². The zero-order valence-corrected chi connectivity index (χ0v) is 13.5. The van der Waals surface area contributed by atoms with Gasteiger partial charge >= 0.3 is 0 Å². The van der Waals surface area contributed by atoms with E-state index in [9.17, 15) is 18.0 Å². The monoisotopic (exact) mass is 339 g/mol. The molecule has 2 amide bonds. The van der Waals surface area contributed by atoms with Crippen molar-refractivity contribution in [3.05, 3.63) is 29.8 Å². The maximum absolute atomic E-state index is 12.2. The molecule has 0 spiro atoms. The smallest absolute Gasteiger partial charge is 0.245 e. The number of benzene rings is 1. The highest BCUT2D eigenvalue weighted by atomic mass is 32.2. The normalized spacial score (nSPS) is 16.4. The number of amides is 2. The van der Waals surface area contributed by atoms with Crippen LogP contribution >= 0.6 is 0 Å². The predicted octanol–water partition coefficient (Wildman–Crippen LogP) is 0.352. The highest BCUT2D eigenvalue weighted by Gasteiger charge is 2.28. The molecule has 0 saturated heterocycles. The Morgan fingerprint density at radius 3 is 2.00 bits per heavy atom. The molecule has 23 heavy (non-hydrogen) atoms. The number of hydrogen-bond donors (Lipinski definition) is 3. The summed E-state index contributed by atoms with van der Waals surface area (Å²) in [6.45, 7) is 0. The largest absolute Gasteiger partial charge is 0.368 e. The first kappa shape index (κ1) is 17.4. The number of hydrogen-bond acceptors (Lipinski definition) is 4. The molecule has 8 heteroatoms. The van der Waals surface area contributed by atoms with E-state index in [2.05, 4.69) is 0 Å². The van der Waals surface area contributed by atoms with Gasteiger partial charge in [-0.2, -0.15) is 4.72 Å². The summed E-state index contributed by atoms with van der Waals surface area (Å²) in [7, 11) is -4.05. The Labute approximate surface area is 135 Å². The molecule has 0 heterocycles. The van der Waals surface area contributed by atoms with E-state index in [-0.39, 0.29) is 4.90 Å². The molecule has 1 aliphatic carbocycles. The summed E-state index contributed by atoms with van der Waals surface area (Å²) in [5.41, 5.74) is 11.1. The number of carbonyl (C=O) groups is 2. The van der Waals surface area contributed by atoms with Gasteiger partial charge in [0.05, 0.1) is 4.90 Å². The molecule has 0 bridgehead atoms. The summed E-state index contributed by atoms with van der Waals surface area (Å²) in [4.78, 5) is 22.2. The maximum Gasteiger partial charge on any atom is 0.245 e. The molecule has 1 aromatic rings. The van der Waals surface area contributed by atoms with Crippen molar-refractivity contribution >= 4 is 21.8 Å². The molecule has 7 nitrogen and oxygen atoms in total. The standard InChI is InChI=1S/C15H21N3O4S/c16-14(19)13(15(17)20)18-23(21,22)12-8-6-11(7-9-12)10-4-2-1-3-5-10/h6-10,13,18H,1-5H2,(H2,16,19)(H2,17,20). The Bertz CT molecular complexity index is 665. The highest BCUT2D eigenvalue weighted by Crippen LogP contribution is 2.32. The molecule has 5 N–H and O–H groups in total. The molecule has 0 unspecified atom stereocenters. The number of nitrogens with two attached hydrogens (primary N) is 2. The molecule has 0 radical (unpaired) electrons. The molecule has 126 valence electrons. The van der Waals surface area contributed by atoms with Crippen molar-refractivity contribution in [2.45, 2.75) is 49.0 Å². The van der Waals surface area contributed by atoms with Crippen LogP contribution in [0.5, 0.6) is 0 Å². The molecule has 0 aromatic heterocycles. The lowest BCUT2D eigenvalue weighted by Crippen LogP contribution is -2.52. The van der Waals surface area contributed by atoms with Crippen molar-refractivity contribution in [1.29, 1.82) is 0 Å². The number of nitrogens with one attached hydrogen (secondary N) is 1. The van der Waals surface area contributed by atoms with Crippen molar-refractivity contribution in [2.75, 3.05) is 0 Å². The molecule has 1 saturated carbocycles. The van der Waals surface area contributed by atoms with Crippen molar-refractivity contribution in [2.24, 2.45) is 11.5 Å². The van der Waals surface area contributed by atoms with E-state index in [1.54, 1.807) is 12.1 Å². The molecule has 0 atom stereocenters. The van der Waals surface area contributed by atoms with Gasteiger partial charge in [0.1, 0.15) is 0 Å². The van der Waals surface area contributed by atoms with Gasteiger partial charge in [0.2, 0.25) is 21.8 Å². The lowest BCUT2D eigenvalue weighted by molar-refractivity contribution is -0.128. The summed E-state index contributed by atoms with van der Waals surface area (Å²) < 4.78 is 26.4. The average Bonchev–Trinajstić information content (AvgIpc) is 2.53. The summed E-state index contributed by atoms with van der Waals surface area (Å²) in [5.74, 6) is -1.82. The first-order valence-electron chi connectivity index (χ1n) is 7.52. The summed E-state index contributed by atoms with van der Waals surface area (Å²) >= 11 is 0. The van der Waals surface area contributed by atoms with Gasteiger partial charge in [0.25, 0.3) is 0 Å². The van der Waals surface area contributed by atoms with E-state index in [0.717, 1.165) is 18.4 Å². The van der Waals surface area contributed by atoms with Gasteiger partial charge in [0.15, 0.2) is 6.04 Å². The zero-order valence-electron chi connectivity index (χ0n) is 12.7. The molecule has 0 aliphatic heterocycles. The van der Waals surface area contributed by atoms with Gasteiger partial charge in [-0.05, 0) is 36.5 Å². The van der Waals surface area contributed by atoms with Crippen LogP contribution in [0.2, 0.25) is 0 Å². The van der Waals surface area contributed by atoms with Crippen molar-refractivity contribution in [3.8, 4) is 0 Å². The van der Waals surface area contributed by atoms with Crippen LogP contribution in [-0.4, -0.2) is 26.3 Å². The van der Waals surface area contributed by atoms with Crippen molar-refractivity contribution < 1.29 is 18.0 Å². The SMILES string of the molecule is NC(=O)C(NS(=O)(=O)c1ccc(C2CCCCC2)cc1)C(N)=O. The summed E-state index contributed by atoms with van der Waals surface area (Å²) in [5, 5.41) is 0. The fraction of sp³-hybridized carbons (Fsp3) is 0.467. The highest BCUT2D eigenvalue weighted by molar-refractivity contribution is 7.89. The molecular weight excluding hydrogens is 318 g/mol. The van der Waals surface area contributed by atoms with Crippen LogP contribution in [0.25, 0.3) is 0 Å². The van der Waals surface area contributed by atoms with Crippen LogP contribution in [0.3, 0.4) is 0 Å². The number of primary amides is 2. The predicted molar refractivity (Wildman–Crippen MR) is 84.8 cm³/mol. The van der Waals surface area contributed by atoms with Crippen molar-refractivity contribution in [1.82, 2.24) is 4.72 Å². The minimum Gasteiger partial charge on any atom is -0.368 e. The number of carbonyl (C=O) groups excluding carboxylic acids is 2. The molecule has 1 aromatic carbocycles. The second-order valence-electron chi connectivity index (χ2n) is 5.76. The second-order valence-corrected chi connectivity index (χ2v) is 7.48. The van der Waals surface area contributed by atoms with Gasteiger partial charge < -0.3 is 11.5 Å². The van der Waals surface area contributed by atoms with E-state index in [1.165, 1.54) is 31.4 Å². The third kappa shape index (κ3) is 4.29. The Hall–Kier alpha value is -1.93. The van der Waals surface area contributed by atoms with Crippen LogP contribution in [0.4, 0.5) is 0 Å². The van der Waals surface area contributed by atoms with Gasteiger partial charge in [-0.15, -0.1) is 0 Å². The molecular formula is C15H21N3O4S. The van der Waals surface area contributed by atoms with Crippen LogP contribution in [0.1, 0.15) is 43.6 Å². The Morgan fingerprint density at radius 2 is 1.52 bits per heavy atom. The van der Waals surface area contributed by atoms with Crippen LogP contribution in [0, 0.1) is 0 Å². The van der Waals surface area contributed by atoms with Crippen molar-refractivity contribution in [3.63, 3.8) is 0 Å². The second kappa shape index (κ2) is 7.10. The molecule has 2 rings (SSSR count). The number of sulfonamides is 1. The first-order chi connectivity index (χ1) is 10.8. The summed E-state index contributed by atoms with van der Waals surface area (Å²) in [6, 6.07) is 4.71. The van der Waals surface area contributed by atoms with Crippen LogP contribution < -0.4 is 16.2 Å². The van der Waals surface area contributed by atoms with E-state index in [4.69, 9.17) is 11.5 Å². The lowest BCUT2D eigenvalue weighted by atomic mass is 9.84. The van der Waals surface area contributed by atoms with Gasteiger partial charge in [0, 0.05) is 0 Å². The Kier molecular flexibility index (Phi) is 5.38. The van der Waals surface area contributed by atoms with E-state index in [1.807, 2.05) is 4.72 Å². The minimum absolute atomic E-state index is 0.0374. The van der Waals surface area contributed by atoms with Crippen LogP contribution in [-0.2, 0) is 19.6 Å². The topological polar surface area (TPSA) is 132 Å². The lowest BCUT2D eigenvalue weighted by Gasteiger charge is -2.22. The molecule has 1 fully saturated rings. The maximum atomic E-state index is 12.2. The average molecular weight is 339 g/mol. The third-order valence-corrected chi connectivity index (χ3v) is 5.55. The quantitative estimate of drug-likeness (QED) is 0.645. The van der Waals surface area contributed by atoms with E-state index >= 15 is 0 Å². The number of rotatable bonds is 6. The first-order valence-corrected chi connectivity index (χ1v) is 9.00. The summed E-state index contributed by atoms with van der Waals surface area (Å²) in [6.07, 6.45) is 5.83. The van der Waals surface area contributed by atoms with Gasteiger partial charge in [-0.25, -0.2) is 8.42 Å². The Morgan fingerprint density at radius 1 is 1.00 bits per heavy atom. The van der Waals surface area contributed by atoms with Crippen LogP contribution in [0.15, 0.2) is 29.2 Å². The van der Waals surface area contributed by atoms with Gasteiger partial charge in [-0.1, -0.05) is 31.4 Å². The minimum atomic E-state index is -4.05. The molecule has 1 aliphatic rings.